The maximum absolute atomic E-state index is 12.9. The van der Waals surface area contributed by atoms with Crippen molar-refractivity contribution >= 4 is 5.91 Å². The predicted octanol–water partition coefficient (Wildman–Crippen LogP) is 2.26. The Labute approximate surface area is 119 Å². The van der Waals surface area contributed by atoms with E-state index in [1.807, 2.05) is 0 Å². The molecule has 1 fully saturated rings. The Morgan fingerprint density at radius 2 is 1.95 bits per heavy atom. The highest BCUT2D eigenvalue weighted by molar-refractivity contribution is 5.93. The van der Waals surface area contributed by atoms with Crippen molar-refractivity contribution in [1.29, 1.82) is 0 Å². The minimum atomic E-state index is -0.491. The molecule has 0 saturated heterocycles. The molecule has 0 atom stereocenters. The highest BCUT2D eigenvalue weighted by Crippen LogP contribution is 2.16. The van der Waals surface area contributed by atoms with E-state index >= 15 is 0 Å². The summed E-state index contributed by atoms with van der Waals surface area (Å²) in [5, 5.41) is 6.25. The lowest BCUT2D eigenvalue weighted by atomic mass is 10.1. The molecule has 0 aliphatic heterocycles. The molecule has 0 spiro atoms. The summed E-state index contributed by atoms with van der Waals surface area (Å²) >= 11 is 0. The average Bonchev–Trinajstić information content (AvgIpc) is 2.72. The number of pyridine rings is 1. The number of carbonyl (C=O) groups excluding carboxylic acids is 1. The molecule has 1 saturated carbocycles. The van der Waals surface area contributed by atoms with Gasteiger partial charge in [-0.15, -0.1) is 0 Å². The molecule has 1 aliphatic carbocycles. The highest BCUT2D eigenvalue weighted by Gasteiger charge is 2.11. The van der Waals surface area contributed by atoms with Crippen LogP contribution in [-0.4, -0.2) is 30.0 Å². The van der Waals surface area contributed by atoms with Crippen molar-refractivity contribution in [2.24, 2.45) is 0 Å². The van der Waals surface area contributed by atoms with Crippen LogP contribution in [0, 0.1) is 5.82 Å². The molecule has 2 rings (SSSR count). The van der Waals surface area contributed by atoms with E-state index in [2.05, 4.69) is 15.6 Å². The number of carbonyl (C=O) groups is 1. The molecule has 1 amide bonds. The molecule has 0 radical (unpaired) electrons. The summed E-state index contributed by atoms with van der Waals surface area (Å²) in [7, 11) is 0. The molecular formula is C15H22FN3O. The van der Waals surface area contributed by atoms with Crippen LogP contribution in [-0.2, 0) is 0 Å². The van der Waals surface area contributed by atoms with E-state index in [1.165, 1.54) is 50.8 Å². The summed E-state index contributed by atoms with van der Waals surface area (Å²) in [4.78, 5) is 15.4. The first-order chi connectivity index (χ1) is 9.75. The molecular weight excluding hydrogens is 257 g/mol. The molecule has 1 aromatic rings. The summed E-state index contributed by atoms with van der Waals surface area (Å²) in [6, 6.07) is 1.77. The largest absolute Gasteiger partial charge is 0.351 e. The molecule has 1 heterocycles. The van der Waals surface area contributed by atoms with E-state index in [4.69, 9.17) is 0 Å². The lowest BCUT2D eigenvalue weighted by molar-refractivity contribution is 0.0952. The minimum Gasteiger partial charge on any atom is -0.351 e. The normalized spacial score (nSPS) is 16.6. The van der Waals surface area contributed by atoms with E-state index in [-0.39, 0.29) is 11.5 Å². The number of halogens is 1. The molecule has 110 valence electrons. The van der Waals surface area contributed by atoms with Gasteiger partial charge < -0.3 is 10.6 Å². The Kier molecular flexibility index (Phi) is 5.92. The highest BCUT2D eigenvalue weighted by atomic mass is 19.1. The Morgan fingerprint density at radius 1 is 1.20 bits per heavy atom. The van der Waals surface area contributed by atoms with Crippen molar-refractivity contribution in [2.45, 2.75) is 44.6 Å². The Balaban J connectivity index is 1.66. The fraction of sp³-hybridized carbons (Fsp3) is 0.600. The number of amides is 1. The molecule has 0 unspecified atom stereocenters. The van der Waals surface area contributed by atoms with E-state index in [0.29, 0.717) is 12.6 Å². The first-order valence-electron chi connectivity index (χ1n) is 7.38. The van der Waals surface area contributed by atoms with E-state index < -0.39 is 5.82 Å². The summed E-state index contributed by atoms with van der Waals surface area (Å²) in [6.07, 6.45) is 10.2. The molecule has 1 aliphatic rings. The summed E-state index contributed by atoms with van der Waals surface area (Å²) < 4.78 is 12.9. The third-order valence-electron chi connectivity index (χ3n) is 3.67. The van der Waals surface area contributed by atoms with Crippen LogP contribution in [0.25, 0.3) is 0 Å². The van der Waals surface area contributed by atoms with Gasteiger partial charge in [-0.2, -0.15) is 0 Å². The summed E-state index contributed by atoms with van der Waals surface area (Å²) in [5.74, 6) is -0.770. The van der Waals surface area contributed by atoms with Crippen molar-refractivity contribution in [3.8, 4) is 0 Å². The summed E-state index contributed by atoms with van der Waals surface area (Å²) in [5.41, 5.74) is 0.263. The number of hydrogen-bond donors (Lipinski definition) is 2. The zero-order chi connectivity index (χ0) is 14.2. The maximum atomic E-state index is 12.9. The van der Waals surface area contributed by atoms with Crippen LogP contribution in [0.4, 0.5) is 4.39 Å². The third kappa shape index (κ3) is 4.89. The van der Waals surface area contributed by atoms with Gasteiger partial charge in [0.1, 0.15) is 5.82 Å². The lowest BCUT2D eigenvalue weighted by Crippen LogP contribution is -2.36. The Bertz CT molecular complexity index is 431. The fourth-order valence-electron chi connectivity index (χ4n) is 2.57. The zero-order valence-electron chi connectivity index (χ0n) is 11.7. The third-order valence-corrected chi connectivity index (χ3v) is 3.67. The zero-order valence-corrected chi connectivity index (χ0v) is 11.7. The van der Waals surface area contributed by atoms with E-state index in [9.17, 15) is 9.18 Å². The van der Waals surface area contributed by atoms with Gasteiger partial charge in [0.25, 0.3) is 5.91 Å². The first-order valence-corrected chi connectivity index (χ1v) is 7.38. The maximum Gasteiger partial charge on any atom is 0.252 e. The second-order valence-electron chi connectivity index (χ2n) is 5.29. The average molecular weight is 279 g/mol. The topological polar surface area (TPSA) is 54.0 Å². The standard InChI is InChI=1S/C15H22FN3O/c16-13-9-12(10-17-11-13)15(20)19-8-7-18-14-5-3-1-2-4-6-14/h9-11,14,18H,1-8H2,(H,19,20). The first kappa shape index (κ1) is 14.9. The van der Waals surface area contributed by atoms with Crippen LogP contribution in [0.3, 0.4) is 0 Å². The second-order valence-corrected chi connectivity index (χ2v) is 5.29. The van der Waals surface area contributed by atoms with E-state index in [0.717, 1.165) is 12.7 Å². The van der Waals surface area contributed by atoms with Gasteiger partial charge in [0.05, 0.1) is 11.8 Å². The van der Waals surface area contributed by atoms with Gasteiger partial charge >= 0.3 is 0 Å². The predicted molar refractivity (Wildman–Crippen MR) is 76.0 cm³/mol. The van der Waals surface area contributed by atoms with Crippen LogP contribution >= 0.6 is 0 Å². The van der Waals surface area contributed by atoms with Crippen LogP contribution in [0.2, 0.25) is 0 Å². The molecule has 4 nitrogen and oxygen atoms in total. The Hall–Kier alpha value is -1.49. The van der Waals surface area contributed by atoms with Gasteiger partial charge in [-0.3, -0.25) is 9.78 Å². The molecule has 0 aromatic carbocycles. The number of nitrogens with one attached hydrogen (secondary N) is 2. The smallest absolute Gasteiger partial charge is 0.252 e. The van der Waals surface area contributed by atoms with Gasteiger partial charge in [-0.1, -0.05) is 25.7 Å². The van der Waals surface area contributed by atoms with Crippen molar-refractivity contribution in [3.63, 3.8) is 0 Å². The van der Waals surface area contributed by atoms with Gasteiger partial charge in [0.15, 0.2) is 0 Å². The minimum absolute atomic E-state index is 0.263. The SMILES string of the molecule is O=C(NCCNC1CCCCCC1)c1cncc(F)c1. The fourth-order valence-corrected chi connectivity index (χ4v) is 2.57. The quantitative estimate of drug-likeness (QED) is 0.642. The number of rotatable bonds is 5. The molecule has 0 bridgehead atoms. The van der Waals surface area contributed by atoms with Crippen molar-refractivity contribution in [1.82, 2.24) is 15.6 Å². The molecule has 5 heteroatoms. The van der Waals surface area contributed by atoms with Crippen LogP contribution in [0.1, 0.15) is 48.9 Å². The van der Waals surface area contributed by atoms with Gasteiger partial charge in [-0.25, -0.2) is 4.39 Å². The number of aromatic nitrogens is 1. The van der Waals surface area contributed by atoms with Gasteiger partial charge in [0, 0.05) is 25.3 Å². The van der Waals surface area contributed by atoms with Crippen LogP contribution < -0.4 is 10.6 Å². The Morgan fingerprint density at radius 3 is 2.65 bits per heavy atom. The summed E-state index contributed by atoms with van der Waals surface area (Å²) in [6.45, 7) is 1.30. The lowest BCUT2D eigenvalue weighted by Gasteiger charge is -2.16. The van der Waals surface area contributed by atoms with Crippen molar-refractivity contribution in [2.75, 3.05) is 13.1 Å². The second kappa shape index (κ2) is 7.94. The molecule has 1 aromatic heterocycles. The number of nitrogens with zero attached hydrogens (tertiary/aromatic N) is 1. The van der Waals surface area contributed by atoms with Gasteiger partial charge in [-0.05, 0) is 18.9 Å². The molecule has 2 N–H and O–H groups in total. The monoisotopic (exact) mass is 279 g/mol. The van der Waals surface area contributed by atoms with Crippen molar-refractivity contribution in [3.05, 3.63) is 29.8 Å². The molecule has 20 heavy (non-hydrogen) atoms. The van der Waals surface area contributed by atoms with E-state index in [1.54, 1.807) is 0 Å². The van der Waals surface area contributed by atoms with Crippen molar-refractivity contribution < 1.29 is 9.18 Å². The van der Waals surface area contributed by atoms with Crippen LogP contribution in [0.5, 0.6) is 0 Å². The van der Waals surface area contributed by atoms with Crippen LogP contribution in [0.15, 0.2) is 18.5 Å². The number of hydrogen-bond acceptors (Lipinski definition) is 3. The van der Waals surface area contributed by atoms with Gasteiger partial charge in [0.2, 0.25) is 0 Å².